The van der Waals surface area contributed by atoms with E-state index in [0.29, 0.717) is 25.3 Å². The average Bonchev–Trinajstić information content (AvgIpc) is 2.84. The van der Waals surface area contributed by atoms with Crippen LogP contribution in [0.25, 0.3) is 0 Å². The van der Waals surface area contributed by atoms with Crippen LogP contribution in [0.5, 0.6) is 5.75 Å². The SMILES string of the molecule is C=CCO[C@@H]1CCN(C(=O)c2cncc(O)c2)C1. The van der Waals surface area contributed by atoms with E-state index in [1.54, 1.807) is 11.0 Å². The van der Waals surface area contributed by atoms with E-state index < -0.39 is 0 Å². The van der Waals surface area contributed by atoms with E-state index in [1.807, 2.05) is 0 Å². The molecule has 0 aliphatic carbocycles. The Hall–Kier alpha value is -1.88. The van der Waals surface area contributed by atoms with Gasteiger partial charge >= 0.3 is 0 Å². The third kappa shape index (κ3) is 2.87. The molecular formula is C13H16N2O3. The summed E-state index contributed by atoms with van der Waals surface area (Å²) in [7, 11) is 0. The summed E-state index contributed by atoms with van der Waals surface area (Å²) < 4.78 is 5.52. The molecule has 5 nitrogen and oxygen atoms in total. The number of ether oxygens (including phenoxy) is 1. The molecule has 5 heteroatoms. The summed E-state index contributed by atoms with van der Waals surface area (Å²) in [5.41, 5.74) is 0.402. The highest BCUT2D eigenvalue weighted by molar-refractivity contribution is 5.94. The molecule has 0 aromatic carbocycles. The van der Waals surface area contributed by atoms with Gasteiger partial charge in [-0.25, -0.2) is 0 Å². The summed E-state index contributed by atoms with van der Waals surface area (Å²) in [5, 5.41) is 9.30. The molecule has 1 aliphatic heterocycles. The Morgan fingerprint density at radius 1 is 1.67 bits per heavy atom. The second-order valence-electron chi connectivity index (χ2n) is 4.22. The standard InChI is InChI=1S/C13H16N2O3/c1-2-5-18-12-3-4-15(9-12)13(17)10-6-11(16)8-14-7-10/h2,6-8,12,16H,1,3-5,9H2/t12-/m1/s1. The van der Waals surface area contributed by atoms with Crippen LogP contribution in [0.15, 0.2) is 31.1 Å². The summed E-state index contributed by atoms with van der Waals surface area (Å²) >= 11 is 0. The van der Waals surface area contributed by atoms with Crippen molar-refractivity contribution in [2.45, 2.75) is 12.5 Å². The zero-order chi connectivity index (χ0) is 13.0. The molecule has 1 N–H and O–H groups in total. The third-order valence-corrected chi connectivity index (χ3v) is 2.85. The van der Waals surface area contributed by atoms with E-state index in [4.69, 9.17) is 4.74 Å². The fourth-order valence-corrected chi connectivity index (χ4v) is 1.98. The Labute approximate surface area is 106 Å². The van der Waals surface area contributed by atoms with Crippen molar-refractivity contribution < 1.29 is 14.6 Å². The average molecular weight is 248 g/mol. The molecule has 1 aromatic rings. The van der Waals surface area contributed by atoms with Gasteiger partial charge in [0, 0.05) is 19.3 Å². The maximum absolute atomic E-state index is 12.1. The highest BCUT2D eigenvalue weighted by Crippen LogP contribution is 2.17. The van der Waals surface area contributed by atoms with Gasteiger partial charge in [-0.05, 0) is 12.5 Å². The van der Waals surface area contributed by atoms with Crippen molar-refractivity contribution in [3.05, 3.63) is 36.7 Å². The lowest BCUT2D eigenvalue weighted by molar-refractivity contribution is 0.0653. The fraction of sp³-hybridized carbons (Fsp3) is 0.385. The van der Waals surface area contributed by atoms with Crippen LogP contribution in [0.3, 0.4) is 0 Å². The topological polar surface area (TPSA) is 62.7 Å². The number of hydrogen-bond donors (Lipinski definition) is 1. The molecule has 0 spiro atoms. The summed E-state index contributed by atoms with van der Waals surface area (Å²) in [6, 6.07) is 1.42. The van der Waals surface area contributed by atoms with Crippen LogP contribution in [-0.4, -0.2) is 46.7 Å². The molecular weight excluding hydrogens is 232 g/mol. The smallest absolute Gasteiger partial charge is 0.255 e. The normalized spacial score (nSPS) is 18.9. The first-order chi connectivity index (χ1) is 8.70. The van der Waals surface area contributed by atoms with Crippen molar-refractivity contribution in [1.82, 2.24) is 9.88 Å². The molecule has 0 saturated carbocycles. The summed E-state index contributed by atoms with van der Waals surface area (Å²) in [4.78, 5) is 17.6. The van der Waals surface area contributed by atoms with Gasteiger partial charge in [0.15, 0.2) is 0 Å². The monoisotopic (exact) mass is 248 g/mol. The van der Waals surface area contributed by atoms with Gasteiger partial charge in [0.1, 0.15) is 5.75 Å². The number of likely N-dealkylation sites (tertiary alicyclic amines) is 1. The lowest BCUT2D eigenvalue weighted by Gasteiger charge is -2.16. The first kappa shape index (κ1) is 12.6. The van der Waals surface area contributed by atoms with Crippen molar-refractivity contribution in [3.8, 4) is 5.75 Å². The number of rotatable bonds is 4. The van der Waals surface area contributed by atoms with Crippen molar-refractivity contribution in [2.75, 3.05) is 19.7 Å². The van der Waals surface area contributed by atoms with E-state index in [9.17, 15) is 9.90 Å². The van der Waals surface area contributed by atoms with Crippen molar-refractivity contribution in [1.29, 1.82) is 0 Å². The highest BCUT2D eigenvalue weighted by Gasteiger charge is 2.27. The third-order valence-electron chi connectivity index (χ3n) is 2.85. The predicted molar refractivity (Wildman–Crippen MR) is 66.4 cm³/mol. The molecule has 96 valence electrons. The summed E-state index contributed by atoms with van der Waals surface area (Å²) in [5.74, 6) is -0.123. The van der Waals surface area contributed by atoms with Gasteiger partial charge in [0.25, 0.3) is 5.91 Å². The number of carbonyl (C=O) groups is 1. The van der Waals surface area contributed by atoms with Crippen LogP contribution in [0.4, 0.5) is 0 Å². The predicted octanol–water partition coefficient (Wildman–Crippen LogP) is 1.20. The van der Waals surface area contributed by atoms with E-state index >= 15 is 0 Å². The second kappa shape index (κ2) is 5.64. The highest BCUT2D eigenvalue weighted by atomic mass is 16.5. The minimum Gasteiger partial charge on any atom is -0.506 e. The van der Waals surface area contributed by atoms with Gasteiger partial charge in [0.2, 0.25) is 0 Å². The van der Waals surface area contributed by atoms with Crippen LogP contribution in [-0.2, 0) is 4.74 Å². The molecule has 2 heterocycles. The molecule has 1 amide bonds. The van der Waals surface area contributed by atoms with Gasteiger partial charge in [-0.3, -0.25) is 9.78 Å². The van der Waals surface area contributed by atoms with E-state index in [0.717, 1.165) is 6.42 Å². The van der Waals surface area contributed by atoms with E-state index in [1.165, 1.54) is 18.5 Å². The van der Waals surface area contributed by atoms with Crippen molar-refractivity contribution in [3.63, 3.8) is 0 Å². The Kier molecular flexibility index (Phi) is 3.94. The number of carbonyl (C=O) groups excluding carboxylic acids is 1. The number of aromatic nitrogens is 1. The van der Waals surface area contributed by atoms with Gasteiger partial charge in [0.05, 0.1) is 24.5 Å². The molecule has 1 fully saturated rings. The Morgan fingerprint density at radius 3 is 3.22 bits per heavy atom. The molecule has 18 heavy (non-hydrogen) atoms. The number of hydrogen-bond acceptors (Lipinski definition) is 4. The fourth-order valence-electron chi connectivity index (χ4n) is 1.98. The Bertz CT molecular complexity index is 448. The summed E-state index contributed by atoms with van der Waals surface area (Å²) in [6.45, 7) is 5.33. The van der Waals surface area contributed by atoms with Crippen LogP contribution in [0.1, 0.15) is 16.8 Å². The van der Waals surface area contributed by atoms with Crippen molar-refractivity contribution >= 4 is 5.91 Å². The quantitative estimate of drug-likeness (QED) is 0.813. The van der Waals surface area contributed by atoms with Gasteiger partial charge < -0.3 is 14.7 Å². The number of nitrogens with zero attached hydrogens (tertiary/aromatic N) is 2. The zero-order valence-corrected chi connectivity index (χ0v) is 10.1. The number of amides is 1. The molecule has 1 aromatic heterocycles. The number of pyridine rings is 1. The van der Waals surface area contributed by atoms with Crippen LogP contribution < -0.4 is 0 Å². The van der Waals surface area contributed by atoms with Crippen LogP contribution >= 0.6 is 0 Å². The maximum Gasteiger partial charge on any atom is 0.255 e. The minimum absolute atomic E-state index is 0.000459. The Balaban J connectivity index is 1.97. The zero-order valence-electron chi connectivity index (χ0n) is 10.1. The van der Waals surface area contributed by atoms with Gasteiger partial charge in [-0.15, -0.1) is 6.58 Å². The second-order valence-corrected chi connectivity index (χ2v) is 4.22. The molecule has 1 atom stereocenters. The summed E-state index contributed by atoms with van der Waals surface area (Å²) in [6.07, 6.45) is 5.35. The van der Waals surface area contributed by atoms with Gasteiger partial charge in [-0.2, -0.15) is 0 Å². The number of aromatic hydroxyl groups is 1. The van der Waals surface area contributed by atoms with Crippen LogP contribution in [0.2, 0.25) is 0 Å². The molecule has 1 aliphatic rings. The first-order valence-corrected chi connectivity index (χ1v) is 5.86. The van der Waals surface area contributed by atoms with Crippen molar-refractivity contribution in [2.24, 2.45) is 0 Å². The van der Waals surface area contributed by atoms with E-state index in [2.05, 4.69) is 11.6 Å². The first-order valence-electron chi connectivity index (χ1n) is 5.86. The lowest BCUT2D eigenvalue weighted by atomic mass is 10.2. The largest absolute Gasteiger partial charge is 0.506 e. The Morgan fingerprint density at radius 2 is 2.50 bits per heavy atom. The minimum atomic E-state index is -0.122. The van der Waals surface area contributed by atoms with Crippen LogP contribution in [0, 0.1) is 0 Å². The maximum atomic E-state index is 12.1. The van der Waals surface area contributed by atoms with Gasteiger partial charge in [-0.1, -0.05) is 6.08 Å². The molecule has 0 unspecified atom stereocenters. The molecule has 0 radical (unpaired) electrons. The molecule has 0 bridgehead atoms. The lowest BCUT2D eigenvalue weighted by Crippen LogP contribution is -2.30. The van der Waals surface area contributed by atoms with E-state index in [-0.39, 0.29) is 17.8 Å². The molecule has 1 saturated heterocycles. The molecule has 2 rings (SSSR count).